The molecule has 0 N–H and O–H groups in total. The Bertz CT molecular complexity index is 785. The molecule has 26 heavy (non-hydrogen) atoms. The summed E-state index contributed by atoms with van der Waals surface area (Å²) in [6, 6.07) is 14.5. The van der Waals surface area contributed by atoms with Gasteiger partial charge in [0.15, 0.2) is 0 Å². The van der Waals surface area contributed by atoms with Crippen molar-refractivity contribution in [3.05, 3.63) is 64.2 Å². The Balaban J connectivity index is 1.75. The number of hydrogen-bond donors (Lipinski definition) is 0. The molecule has 0 radical (unpaired) electrons. The standard InChI is InChI=1S/C23H27NO2/c1-17-13-18(2)23(26-12-9-19-7-10-25-11-8-19)22(14-17)15-20-5-3-4-6-21(20)16-24/h3-6,13-14,19H,7-12,15H2,1-2H3. The molecule has 0 unspecified atom stereocenters. The van der Waals surface area contributed by atoms with Gasteiger partial charge in [0, 0.05) is 19.6 Å². The van der Waals surface area contributed by atoms with Crippen molar-refractivity contribution < 1.29 is 9.47 Å². The molecular weight excluding hydrogens is 322 g/mol. The SMILES string of the molecule is Cc1cc(C)c(OCCC2CCOCC2)c(Cc2ccccc2C#N)c1. The fraction of sp³-hybridized carbons (Fsp3) is 0.435. The molecule has 2 aromatic carbocycles. The van der Waals surface area contributed by atoms with Crippen LogP contribution in [-0.4, -0.2) is 19.8 Å². The average Bonchev–Trinajstić information content (AvgIpc) is 2.65. The van der Waals surface area contributed by atoms with Crippen molar-refractivity contribution >= 4 is 0 Å². The summed E-state index contributed by atoms with van der Waals surface area (Å²) in [5.74, 6) is 1.69. The van der Waals surface area contributed by atoms with E-state index in [-0.39, 0.29) is 0 Å². The van der Waals surface area contributed by atoms with Crippen LogP contribution in [-0.2, 0) is 11.2 Å². The number of nitriles is 1. The highest BCUT2D eigenvalue weighted by molar-refractivity contribution is 5.48. The number of aryl methyl sites for hydroxylation is 2. The van der Waals surface area contributed by atoms with Crippen LogP contribution in [0.2, 0.25) is 0 Å². The van der Waals surface area contributed by atoms with Crippen LogP contribution in [0.4, 0.5) is 0 Å². The topological polar surface area (TPSA) is 42.2 Å². The summed E-state index contributed by atoms with van der Waals surface area (Å²) in [6.07, 6.45) is 4.07. The molecular formula is C23H27NO2. The van der Waals surface area contributed by atoms with E-state index < -0.39 is 0 Å². The first-order valence-electron chi connectivity index (χ1n) is 9.46. The molecule has 3 rings (SSSR count). The molecule has 1 saturated heterocycles. The van der Waals surface area contributed by atoms with E-state index in [2.05, 4.69) is 32.0 Å². The van der Waals surface area contributed by atoms with Crippen LogP contribution >= 0.6 is 0 Å². The van der Waals surface area contributed by atoms with Gasteiger partial charge in [0.05, 0.1) is 18.2 Å². The van der Waals surface area contributed by atoms with Gasteiger partial charge in [0.1, 0.15) is 5.75 Å². The van der Waals surface area contributed by atoms with Crippen LogP contribution in [0.15, 0.2) is 36.4 Å². The minimum Gasteiger partial charge on any atom is -0.493 e. The zero-order chi connectivity index (χ0) is 18.4. The predicted octanol–water partition coefficient (Wildman–Crippen LogP) is 4.96. The van der Waals surface area contributed by atoms with Crippen LogP contribution in [0.1, 0.15) is 47.1 Å². The maximum Gasteiger partial charge on any atom is 0.125 e. The molecule has 3 nitrogen and oxygen atoms in total. The average molecular weight is 349 g/mol. The summed E-state index contributed by atoms with van der Waals surface area (Å²) in [5.41, 5.74) is 5.34. The number of rotatable bonds is 6. The van der Waals surface area contributed by atoms with Crippen molar-refractivity contribution in [2.24, 2.45) is 5.92 Å². The zero-order valence-corrected chi connectivity index (χ0v) is 15.8. The lowest BCUT2D eigenvalue weighted by Gasteiger charge is -2.23. The largest absolute Gasteiger partial charge is 0.493 e. The molecule has 2 aromatic rings. The van der Waals surface area contributed by atoms with Gasteiger partial charge in [0.2, 0.25) is 0 Å². The van der Waals surface area contributed by atoms with E-state index in [1.165, 1.54) is 11.1 Å². The molecule has 0 bridgehead atoms. The van der Waals surface area contributed by atoms with E-state index in [1.807, 2.05) is 24.3 Å². The Morgan fingerprint density at radius 3 is 2.65 bits per heavy atom. The number of ether oxygens (including phenoxy) is 2. The van der Waals surface area contributed by atoms with E-state index in [1.54, 1.807) is 0 Å². The molecule has 0 aliphatic carbocycles. The minimum absolute atomic E-state index is 0.706. The molecule has 1 aliphatic heterocycles. The number of hydrogen-bond acceptors (Lipinski definition) is 3. The molecule has 0 amide bonds. The Morgan fingerprint density at radius 1 is 1.12 bits per heavy atom. The number of benzene rings is 2. The van der Waals surface area contributed by atoms with E-state index in [0.29, 0.717) is 5.92 Å². The van der Waals surface area contributed by atoms with Crippen molar-refractivity contribution in [3.8, 4) is 11.8 Å². The van der Waals surface area contributed by atoms with Crippen molar-refractivity contribution in [2.75, 3.05) is 19.8 Å². The fourth-order valence-corrected chi connectivity index (χ4v) is 3.73. The highest BCUT2D eigenvalue weighted by atomic mass is 16.5. The molecule has 1 fully saturated rings. The second-order valence-electron chi connectivity index (χ2n) is 7.21. The van der Waals surface area contributed by atoms with Gasteiger partial charge in [0.25, 0.3) is 0 Å². The molecule has 3 heteroatoms. The maximum atomic E-state index is 9.37. The Hall–Kier alpha value is -2.31. The Morgan fingerprint density at radius 2 is 1.88 bits per heavy atom. The number of nitrogens with zero attached hydrogens (tertiary/aromatic N) is 1. The van der Waals surface area contributed by atoms with Gasteiger partial charge in [-0.1, -0.05) is 35.9 Å². The van der Waals surface area contributed by atoms with Gasteiger partial charge in [-0.2, -0.15) is 5.26 Å². The van der Waals surface area contributed by atoms with Crippen LogP contribution in [0, 0.1) is 31.1 Å². The van der Waals surface area contributed by atoms with E-state index in [0.717, 1.165) is 67.9 Å². The zero-order valence-electron chi connectivity index (χ0n) is 15.8. The quantitative estimate of drug-likeness (QED) is 0.740. The molecule has 1 heterocycles. The summed E-state index contributed by atoms with van der Waals surface area (Å²) < 4.78 is 11.7. The fourth-order valence-electron chi connectivity index (χ4n) is 3.73. The molecule has 136 valence electrons. The van der Waals surface area contributed by atoms with Gasteiger partial charge in [-0.05, 0) is 61.8 Å². The van der Waals surface area contributed by atoms with Crippen LogP contribution < -0.4 is 4.74 Å². The second-order valence-corrected chi connectivity index (χ2v) is 7.21. The summed E-state index contributed by atoms with van der Waals surface area (Å²) in [7, 11) is 0. The molecule has 0 aromatic heterocycles. The third-order valence-electron chi connectivity index (χ3n) is 5.13. The smallest absolute Gasteiger partial charge is 0.125 e. The lowest BCUT2D eigenvalue weighted by atomic mass is 9.96. The van der Waals surface area contributed by atoms with Crippen molar-refractivity contribution in [3.63, 3.8) is 0 Å². The summed E-state index contributed by atoms with van der Waals surface area (Å²) >= 11 is 0. The van der Waals surface area contributed by atoms with Crippen molar-refractivity contribution in [2.45, 2.75) is 39.5 Å². The summed E-state index contributed by atoms with van der Waals surface area (Å²) in [5, 5.41) is 9.37. The normalized spacial score (nSPS) is 14.8. The molecule has 1 aliphatic rings. The molecule has 0 atom stereocenters. The lowest BCUT2D eigenvalue weighted by Crippen LogP contribution is -2.18. The summed E-state index contributed by atoms with van der Waals surface area (Å²) in [4.78, 5) is 0. The third-order valence-corrected chi connectivity index (χ3v) is 5.13. The van der Waals surface area contributed by atoms with Crippen molar-refractivity contribution in [1.82, 2.24) is 0 Å². The Labute approximate surface area is 156 Å². The van der Waals surface area contributed by atoms with E-state index in [4.69, 9.17) is 9.47 Å². The molecule has 0 saturated carbocycles. The highest BCUT2D eigenvalue weighted by Gasteiger charge is 2.15. The third kappa shape index (κ3) is 4.65. The van der Waals surface area contributed by atoms with Crippen LogP contribution in [0.5, 0.6) is 5.75 Å². The predicted molar refractivity (Wildman–Crippen MR) is 104 cm³/mol. The van der Waals surface area contributed by atoms with Gasteiger partial charge in [-0.15, -0.1) is 0 Å². The van der Waals surface area contributed by atoms with Gasteiger partial charge >= 0.3 is 0 Å². The lowest BCUT2D eigenvalue weighted by molar-refractivity contribution is 0.0593. The maximum absolute atomic E-state index is 9.37. The van der Waals surface area contributed by atoms with Gasteiger partial charge in [-0.25, -0.2) is 0 Å². The molecule has 0 spiro atoms. The van der Waals surface area contributed by atoms with Crippen molar-refractivity contribution in [1.29, 1.82) is 5.26 Å². The minimum atomic E-state index is 0.706. The first-order valence-corrected chi connectivity index (χ1v) is 9.46. The summed E-state index contributed by atoms with van der Waals surface area (Å²) in [6.45, 7) is 6.71. The Kier molecular flexibility index (Phi) is 6.30. The van der Waals surface area contributed by atoms with E-state index in [9.17, 15) is 5.26 Å². The van der Waals surface area contributed by atoms with Crippen LogP contribution in [0.3, 0.4) is 0 Å². The van der Waals surface area contributed by atoms with E-state index >= 15 is 0 Å². The van der Waals surface area contributed by atoms with Crippen LogP contribution in [0.25, 0.3) is 0 Å². The monoisotopic (exact) mass is 349 g/mol. The first-order chi connectivity index (χ1) is 12.7. The van der Waals surface area contributed by atoms with Gasteiger partial charge in [-0.3, -0.25) is 0 Å². The first kappa shape index (κ1) is 18.5. The van der Waals surface area contributed by atoms with Gasteiger partial charge < -0.3 is 9.47 Å². The highest BCUT2D eigenvalue weighted by Crippen LogP contribution is 2.29. The second kappa shape index (κ2) is 8.87.